The second kappa shape index (κ2) is 7.21. The van der Waals surface area contributed by atoms with Crippen LogP contribution in [0.1, 0.15) is 36.5 Å². The van der Waals surface area contributed by atoms with E-state index in [4.69, 9.17) is 4.42 Å². The van der Waals surface area contributed by atoms with Crippen LogP contribution in [0, 0.1) is 0 Å². The molecule has 5 aromatic rings. The van der Waals surface area contributed by atoms with Crippen molar-refractivity contribution in [3.8, 4) is 11.3 Å². The summed E-state index contributed by atoms with van der Waals surface area (Å²) in [5.74, 6) is 0.462. The molecule has 0 fully saturated rings. The zero-order valence-corrected chi connectivity index (χ0v) is 16.7. The summed E-state index contributed by atoms with van der Waals surface area (Å²) in [6.45, 7) is 4.41. The Bertz CT molecular complexity index is 1300. The molecule has 0 radical (unpaired) electrons. The molecule has 0 amide bonds. The van der Waals surface area contributed by atoms with Crippen molar-refractivity contribution in [2.75, 3.05) is 0 Å². The lowest BCUT2D eigenvalue weighted by molar-refractivity contribution is 0.669. The van der Waals surface area contributed by atoms with Crippen molar-refractivity contribution in [2.24, 2.45) is 0 Å². The summed E-state index contributed by atoms with van der Waals surface area (Å²) < 4.78 is 6.38. The minimum absolute atomic E-state index is 0.462. The van der Waals surface area contributed by atoms with Gasteiger partial charge in [-0.05, 0) is 53.3 Å². The maximum Gasteiger partial charge on any atom is 0.144 e. The summed E-state index contributed by atoms with van der Waals surface area (Å²) in [4.78, 5) is 4.64. The van der Waals surface area contributed by atoms with Crippen LogP contribution < -0.4 is 0 Å². The molecule has 2 heteroatoms. The second-order valence-electron chi connectivity index (χ2n) is 7.87. The Hall–Kier alpha value is -3.39. The first-order valence-electron chi connectivity index (χ1n) is 10.1. The molecule has 0 aliphatic heterocycles. The molecule has 2 aromatic heterocycles. The largest absolute Gasteiger partial charge is 0.455 e. The minimum atomic E-state index is 0.462. The maximum absolute atomic E-state index is 6.38. The first-order chi connectivity index (χ1) is 14.2. The number of rotatable bonds is 4. The lowest BCUT2D eigenvalue weighted by atomic mass is 9.97. The van der Waals surface area contributed by atoms with Crippen molar-refractivity contribution in [2.45, 2.75) is 26.2 Å². The molecule has 0 saturated heterocycles. The highest BCUT2D eigenvalue weighted by Gasteiger charge is 2.16. The SMILES string of the molecule is CC(C)c1ccnc(-c2cccc3c2oc2cccc(Cc4ccccc4)c23)c1. The number of aromatic nitrogens is 1. The molecule has 3 aromatic carbocycles. The summed E-state index contributed by atoms with van der Waals surface area (Å²) in [5.41, 5.74) is 7.73. The standard InChI is InChI=1S/C27H23NO/c1-18(2)20-14-15-28-24(17-20)22-11-7-12-23-26-21(16-19-8-4-3-5-9-19)10-6-13-25(26)29-27(22)23/h3-15,17-18H,16H2,1-2H3. The van der Waals surface area contributed by atoms with Gasteiger partial charge in [0.2, 0.25) is 0 Å². The zero-order chi connectivity index (χ0) is 19.8. The topological polar surface area (TPSA) is 26.0 Å². The van der Waals surface area contributed by atoms with E-state index in [9.17, 15) is 0 Å². The Labute approximate surface area is 170 Å². The molecule has 0 unspecified atom stereocenters. The van der Waals surface area contributed by atoms with E-state index >= 15 is 0 Å². The van der Waals surface area contributed by atoms with Gasteiger partial charge >= 0.3 is 0 Å². The summed E-state index contributed by atoms with van der Waals surface area (Å²) in [6, 6.07) is 27.6. The van der Waals surface area contributed by atoms with Gasteiger partial charge in [-0.25, -0.2) is 0 Å². The fourth-order valence-electron chi connectivity index (χ4n) is 4.04. The fourth-order valence-corrected chi connectivity index (χ4v) is 4.04. The number of furan rings is 1. The molecule has 0 aliphatic carbocycles. The van der Waals surface area contributed by atoms with Gasteiger partial charge < -0.3 is 4.42 Å². The van der Waals surface area contributed by atoms with Crippen LogP contribution in [0.5, 0.6) is 0 Å². The van der Waals surface area contributed by atoms with E-state index in [2.05, 4.69) is 97.7 Å². The van der Waals surface area contributed by atoms with E-state index in [1.807, 2.05) is 6.20 Å². The molecule has 2 nitrogen and oxygen atoms in total. The highest BCUT2D eigenvalue weighted by Crippen LogP contribution is 2.37. The normalized spacial score (nSPS) is 11.6. The predicted octanol–water partition coefficient (Wildman–Crippen LogP) is 7.36. The van der Waals surface area contributed by atoms with Gasteiger partial charge in [0, 0.05) is 22.5 Å². The lowest BCUT2D eigenvalue weighted by Crippen LogP contribution is -1.91. The van der Waals surface area contributed by atoms with Gasteiger partial charge in [-0.1, -0.05) is 68.4 Å². The van der Waals surface area contributed by atoms with Gasteiger partial charge in [-0.3, -0.25) is 4.98 Å². The Kier molecular flexibility index (Phi) is 4.40. The number of nitrogens with zero attached hydrogens (tertiary/aromatic N) is 1. The molecule has 0 atom stereocenters. The predicted molar refractivity (Wildman–Crippen MR) is 120 cm³/mol. The van der Waals surface area contributed by atoms with E-state index in [1.54, 1.807) is 0 Å². The number of hydrogen-bond donors (Lipinski definition) is 0. The van der Waals surface area contributed by atoms with Crippen LogP contribution in [-0.4, -0.2) is 4.98 Å². The quantitative estimate of drug-likeness (QED) is 0.327. The Morgan fingerprint density at radius 1 is 0.862 bits per heavy atom. The van der Waals surface area contributed by atoms with Crippen molar-refractivity contribution >= 4 is 21.9 Å². The van der Waals surface area contributed by atoms with Crippen molar-refractivity contribution in [1.29, 1.82) is 0 Å². The summed E-state index contributed by atoms with van der Waals surface area (Å²) >= 11 is 0. The highest BCUT2D eigenvalue weighted by molar-refractivity contribution is 6.10. The molecule has 0 bridgehead atoms. The summed E-state index contributed by atoms with van der Waals surface area (Å²) in [5, 5.41) is 2.36. The average molecular weight is 377 g/mol. The van der Waals surface area contributed by atoms with Gasteiger partial charge in [0.25, 0.3) is 0 Å². The smallest absolute Gasteiger partial charge is 0.144 e. The zero-order valence-electron chi connectivity index (χ0n) is 16.7. The van der Waals surface area contributed by atoms with Crippen molar-refractivity contribution in [1.82, 2.24) is 4.98 Å². The molecule has 2 heterocycles. The molecule has 142 valence electrons. The van der Waals surface area contributed by atoms with Crippen LogP contribution >= 0.6 is 0 Å². The van der Waals surface area contributed by atoms with Gasteiger partial charge in [-0.15, -0.1) is 0 Å². The number of fused-ring (bicyclic) bond motifs is 3. The number of para-hydroxylation sites is 1. The van der Waals surface area contributed by atoms with Gasteiger partial charge in [0.05, 0.1) is 5.69 Å². The summed E-state index contributed by atoms with van der Waals surface area (Å²) in [6.07, 6.45) is 2.78. The molecular formula is C27H23NO. The Balaban J connectivity index is 1.70. The van der Waals surface area contributed by atoms with E-state index in [0.717, 1.165) is 34.2 Å². The molecule has 0 saturated carbocycles. The Morgan fingerprint density at radius 2 is 1.69 bits per heavy atom. The van der Waals surface area contributed by atoms with Crippen LogP contribution in [0.25, 0.3) is 33.2 Å². The van der Waals surface area contributed by atoms with Crippen molar-refractivity contribution in [3.05, 3.63) is 102 Å². The van der Waals surface area contributed by atoms with Gasteiger partial charge in [0.15, 0.2) is 0 Å². The number of pyridine rings is 1. The van der Waals surface area contributed by atoms with E-state index in [1.165, 1.54) is 22.1 Å². The second-order valence-corrected chi connectivity index (χ2v) is 7.87. The highest BCUT2D eigenvalue weighted by atomic mass is 16.3. The summed E-state index contributed by atoms with van der Waals surface area (Å²) in [7, 11) is 0. The van der Waals surface area contributed by atoms with Crippen molar-refractivity contribution < 1.29 is 4.42 Å². The molecule has 29 heavy (non-hydrogen) atoms. The third-order valence-corrected chi connectivity index (χ3v) is 5.57. The third kappa shape index (κ3) is 3.21. The first kappa shape index (κ1) is 17.7. The van der Waals surface area contributed by atoms with Gasteiger partial charge in [-0.2, -0.15) is 0 Å². The molecule has 0 aliphatic rings. The van der Waals surface area contributed by atoms with E-state index in [0.29, 0.717) is 5.92 Å². The van der Waals surface area contributed by atoms with Crippen LogP contribution in [-0.2, 0) is 6.42 Å². The van der Waals surface area contributed by atoms with Gasteiger partial charge in [0.1, 0.15) is 11.2 Å². The number of benzene rings is 3. The monoisotopic (exact) mass is 377 g/mol. The number of hydrogen-bond acceptors (Lipinski definition) is 2. The average Bonchev–Trinajstić information content (AvgIpc) is 3.14. The van der Waals surface area contributed by atoms with Crippen LogP contribution in [0.15, 0.2) is 89.5 Å². The molecular weight excluding hydrogens is 354 g/mol. The van der Waals surface area contributed by atoms with Crippen LogP contribution in [0.4, 0.5) is 0 Å². The van der Waals surface area contributed by atoms with Crippen LogP contribution in [0.2, 0.25) is 0 Å². The Morgan fingerprint density at radius 3 is 2.52 bits per heavy atom. The lowest BCUT2D eigenvalue weighted by Gasteiger charge is -2.08. The maximum atomic E-state index is 6.38. The third-order valence-electron chi connectivity index (χ3n) is 5.57. The van der Waals surface area contributed by atoms with E-state index in [-0.39, 0.29) is 0 Å². The first-order valence-corrected chi connectivity index (χ1v) is 10.1. The molecule has 0 spiro atoms. The molecule has 5 rings (SSSR count). The molecule has 0 N–H and O–H groups in total. The van der Waals surface area contributed by atoms with E-state index < -0.39 is 0 Å². The minimum Gasteiger partial charge on any atom is -0.455 e. The van der Waals surface area contributed by atoms with Crippen LogP contribution in [0.3, 0.4) is 0 Å². The van der Waals surface area contributed by atoms with Crippen molar-refractivity contribution in [3.63, 3.8) is 0 Å². The fraction of sp³-hybridized carbons (Fsp3) is 0.148.